The maximum absolute atomic E-state index is 12.1. The smallest absolute Gasteiger partial charge is 0.305 e. The molecule has 1 N–H and O–H groups in total. The van der Waals surface area contributed by atoms with Gasteiger partial charge in [-0.1, -0.05) is 24.3 Å². The van der Waals surface area contributed by atoms with Gasteiger partial charge in [0.2, 0.25) is 10.0 Å². The molecule has 1 unspecified atom stereocenters. The summed E-state index contributed by atoms with van der Waals surface area (Å²) in [6, 6.07) is 7.79. The molecule has 0 heterocycles. The van der Waals surface area contributed by atoms with Crippen molar-refractivity contribution in [1.82, 2.24) is 4.72 Å². The lowest BCUT2D eigenvalue weighted by atomic mass is 9.88. The van der Waals surface area contributed by atoms with Gasteiger partial charge in [0.05, 0.1) is 12.9 Å². The molecule has 1 aliphatic carbocycles. The van der Waals surface area contributed by atoms with Crippen LogP contribution in [0, 0.1) is 0 Å². The lowest BCUT2D eigenvalue weighted by Crippen LogP contribution is -2.32. The number of fused-ring (bicyclic) bond motifs is 1. The first-order valence-electron chi connectivity index (χ1n) is 7.16. The number of ether oxygens (including phenoxy) is 1. The van der Waals surface area contributed by atoms with Gasteiger partial charge < -0.3 is 4.74 Å². The van der Waals surface area contributed by atoms with E-state index >= 15 is 0 Å². The molecule has 0 radical (unpaired) electrons. The number of sulfonamides is 1. The van der Waals surface area contributed by atoms with Crippen LogP contribution >= 0.6 is 0 Å². The van der Waals surface area contributed by atoms with Crippen molar-refractivity contribution in [1.29, 1.82) is 0 Å². The number of carbonyl (C=O) groups excluding carboxylic acids is 1. The van der Waals surface area contributed by atoms with E-state index in [0.29, 0.717) is 0 Å². The van der Waals surface area contributed by atoms with Gasteiger partial charge in [-0.05, 0) is 36.8 Å². The summed E-state index contributed by atoms with van der Waals surface area (Å²) >= 11 is 0. The van der Waals surface area contributed by atoms with E-state index in [1.165, 1.54) is 12.7 Å². The van der Waals surface area contributed by atoms with Crippen LogP contribution in [0.4, 0.5) is 0 Å². The first-order chi connectivity index (χ1) is 10.0. The molecule has 1 aromatic carbocycles. The molecule has 0 aliphatic heterocycles. The molecule has 6 heteroatoms. The van der Waals surface area contributed by atoms with Crippen LogP contribution in [0.15, 0.2) is 24.3 Å². The second kappa shape index (κ2) is 7.04. The predicted octanol–water partition coefficient (Wildman–Crippen LogP) is 1.94. The fourth-order valence-corrected chi connectivity index (χ4v) is 3.98. The molecule has 1 atom stereocenters. The van der Waals surface area contributed by atoms with Crippen LogP contribution in [-0.4, -0.2) is 27.2 Å². The van der Waals surface area contributed by atoms with Gasteiger partial charge >= 0.3 is 5.97 Å². The Balaban J connectivity index is 1.96. The van der Waals surface area contributed by atoms with Crippen molar-refractivity contribution in [2.24, 2.45) is 0 Å². The number of hydrogen-bond donors (Lipinski definition) is 1. The van der Waals surface area contributed by atoms with E-state index in [4.69, 9.17) is 0 Å². The van der Waals surface area contributed by atoms with Gasteiger partial charge in [-0.3, -0.25) is 4.79 Å². The topological polar surface area (TPSA) is 72.5 Å². The highest BCUT2D eigenvalue weighted by molar-refractivity contribution is 7.89. The quantitative estimate of drug-likeness (QED) is 0.815. The van der Waals surface area contributed by atoms with Crippen LogP contribution in [0.2, 0.25) is 0 Å². The van der Waals surface area contributed by atoms with Gasteiger partial charge in [-0.2, -0.15) is 0 Å². The molecule has 0 saturated carbocycles. The van der Waals surface area contributed by atoms with E-state index in [2.05, 4.69) is 9.46 Å². The largest absolute Gasteiger partial charge is 0.469 e. The molecule has 5 nitrogen and oxygen atoms in total. The summed E-state index contributed by atoms with van der Waals surface area (Å²) < 4.78 is 31.5. The van der Waals surface area contributed by atoms with Crippen molar-refractivity contribution < 1.29 is 17.9 Å². The van der Waals surface area contributed by atoms with Gasteiger partial charge in [0.15, 0.2) is 0 Å². The van der Waals surface area contributed by atoms with Gasteiger partial charge in [-0.15, -0.1) is 0 Å². The molecule has 1 aliphatic rings. The number of aryl methyl sites for hydroxylation is 1. The molecule has 0 bridgehead atoms. The van der Waals surface area contributed by atoms with Crippen molar-refractivity contribution in [2.45, 2.75) is 38.1 Å². The van der Waals surface area contributed by atoms with Crippen molar-refractivity contribution in [2.75, 3.05) is 12.9 Å². The highest BCUT2D eigenvalue weighted by atomic mass is 32.2. The molecule has 116 valence electrons. The molecule has 0 fully saturated rings. The molecule has 2 rings (SSSR count). The third kappa shape index (κ3) is 4.54. The number of nitrogens with one attached hydrogen (secondary N) is 1. The number of hydrogen-bond acceptors (Lipinski definition) is 4. The zero-order valence-electron chi connectivity index (χ0n) is 12.2. The van der Waals surface area contributed by atoms with Crippen LogP contribution in [-0.2, 0) is 26.0 Å². The average Bonchev–Trinajstić information content (AvgIpc) is 2.47. The summed E-state index contributed by atoms with van der Waals surface area (Å²) in [4.78, 5) is 11.0. The molecular formula is C15H21NO4S. The maximum atomic E-state index is 12.1. The normalized spacial score (nSPS) is 18.0. The molecule has 0 amide bonds. The second-order valence-corrected chi connectivity index (χ2v) is 7.13. The summed E-state index contributed by atoms with van der Waals surface area (Å²) in [6.45, 7) is 0. The third-order valence-electron chi connectivity index (χ3n) is 3.71. The van der Waals surface area contributed by atoms with Crippen LogP contribution < -0.4 is 4.72 Å². The Morgan fingerprint density at radius 3 is 2.90 bits per heavy atom. The summed E-state index contributed by atoms with van der Waals surface area (Å²) in [5.74, 6) is -0.436. The van der Waals surface area contributed by atoms with Gasteiger partial charge in [0.25, 0.3) is 0 Å². The minimum Gasteiger partial charge on any atom is -0.469 e. The second-order valence-electron chi connectivity index (χ2n) is 5.26. The molecule has 0 spiro atoms. The molecular weight excluding hydrogens is 290 g/mol. The monoisotopic (exact) mass is 311 g/mol. The summed E-state index contributed by atoms with van der Waals surface area (Å²) in [7, 11) is -2.09. The number of carbonyl (C=O) groups is 1. The van der Waals surface area contributed by atoms with E-state index in [1.54, 1.807) is 0 Å². The Labute approximate surface area is 125 Å². The van der Waals surface area contributed by atoms with E-state index < -0.39 is 10.0 Å². The van der Waals surface area contributed by atoms with Crippen LogP contribution in [0.1, 0.15) is 42.9 Å². The van der Waals surface area contributed by atoms with Gasteiger partial charge in [0, 0.05) is 12.5 Å². The molecule has 1 aromatic rings. The molecule has 21 heavy (non-hydrogen) atoms. The standard InChI is InChI=1S/C15H21NO4S/c1-20-15(17)10-5-11-21(18,19)16-14-9-4-7-12-6-2-3-8-13(12)14/h2-3,6,8,14,16H,4-5,7,9-11H2,1H3. The van der Waals surface area contributed by atoms with Crippen molar-refractivity contribution in [3.63, 3.8) is 0 Å². The van der Waals surface area contributed by atoms with Gasteiger partial charge in [-0.25, -0.2) is 13.1 Å². The zero-order valence-corrected chi connectivity index (χ0v) is 13.0. The third-order valence-corrected chi connectivity index (χ3v) is 5.18. The Morgan fingerprint density at radius 2 is 2.14 bits per heavy atom. The highest BCUT2D eigenvalue weighted by Gasteiger charge is 2.24. The minimum absolute atomic E-state index is 0.0548. The Kier molecular flexibility index (Phi) is 5.36. The summed E-state index contributed by atoms with van der Waals surface area (Å²) in [6.07, 6.45) is 3.19. The summed E-state index contributed by atoms with van der Waals surface area (Å²) in [5, 5.41) is 0. The Bertz CT molecular complexity index is 597. The summed E-state index contributed by atoms with van der Waals surface area (Å²) in [5.41, 5.74) is 2.28. The number of methoxy groups -OCH3 is 1. The van der Waals surface area contributed by atoms with Crippen LogP contribution in [0.5, 0.6) is 0 Å². The van der Waals surface area contributed by atoms with Crippen molar-refractivity contribution in [3.8, 4) is 0 Å². The van der Waals surface area contributed by atoms with Crippen molar-refractivity contribution >= 4 is 16.0 Å². The maximum Gasteiger partial charge on any atom is 0.305 e. The fourth-order valence-electron chi connectivity index (χ4n) is 2.66. The number of benzene rings is 1. The zero-order chi connectivity index (χ0) is 15.3. The van der Waals surface area contributed by atoms with Crippen LogP contribution in [0.25, 0.3) is 0 Å². The minimum atomic E-state index is -3.39. The lowest BCUT2D eigenvalue weighted by molar-refractivity contribution is -0.140. The number of rotatable bonds is 6. The first kappa shape index (κ1) is 16.0. The average molecular weight is 311 g/mol. The Morgan fingerprint density at radius 1 is 1.38 bits per heavy atom. The van der Waals surface area contributed by atoms with E-state index in [9.17, 15) is 13.2 Å². The number of esters is 1. The van der Waals surface area contributed by atoms with Gasteiger partial charge in [0.1, 0.15) is 0 Å². The van der Waals surface area contributed by atoms with Crippen LogP contribution in [0.3, 0.4) is 0 Å². The molecule has 0 aromatic heterocycles. The van der Waals surface area contributed by atoms with E-state index in [-0.39, 0.29) is 30.6 Å². The molecule has 0 saturated heterocycles. The highest BCUT2D eigenvalue weighted by Crippen LogP contribution is 2.29. The Hall–Kier alpha value is -1.40. The van der Waals surface area contributed by atoms with Crippen molar-refractivity contribution in [3.05, 3.63) is 35.4 Å². The lowest BCUT2D eigenvalue weighted by Gasteiger charge is -2.26. The SMILES string of the molecule is COC(=O)CCCS(=O)(=O)NC1CCCc2ccccc21. The predicted molar refractivity (Wildman–Crippen MR) is 80.3 cm³/mol. The van der Waals surface area contributed by atoms with E-state index in [1.807, 2.05) is 24.3 Å². The fraction of sp³-hybridized carbons (Fsp3) is 0.533. The first-order valence-corrected chi connectivity index (χ1v) is 8.81. The van der Waals surface area contributed by atoms with E-state index in [0.717, 1.165) is 24.8 Å².